The summed E-state index contributed by atoms with van der Waals surface area (Å²) in [6, 6.07) is 0. The third kappa shape index (κ3) is 0.940. The van der Waals surface area contributed by atoms with Gasteiger partial charge in [0.05, 0.1) is 0 Å². The van der Waals surface area contributed by atoms with Crippen LogP contribution in [-0.4, -0.2) is 24.6 Å². The van der Waals surface area contributed by atoms with Crippen LogP contribution in [0.5, 0.6) is 0 Å². The van der Waals surface area contributed by atoms with E-state index in [9.17, 15) is 0 Å². The number of aromatic amines is 1. The number of hydrogen-bond donors (Lipinski definition) is 1. The van der Waals surface area contributed by atoms with Crippen LogP contribution in [0.1, 0.15) is 5.82 Å². The second kappa shape index (κ2) is 2.24. The molecule has 0 radical (unpaired) electrons. The highest BCUT2D eigenvalue weighted by atomic mass is 15.7. The lowest BCUT2D eigenvalue weighted by Gasteiger charge is -2.14. The molecule has 58 valence electrons. The average Bonchev–Trinajstić information content (AvgIpc) is 1.93. The van der Waals surface area contributed by atoms with Crippen molar-refractivity contribution in [1.82, 2.24) is 24.6 Å². The number of nitrogens with zero attached hydrogens (tertiary/aromatic N) is 4. The molecule has 1 aromatic rings. The zero-order chi connectivity index (χ0) is 7.72. The first-order chi connectivity index (χ1) is 4.63. The molecular formula is C5H13N5. The molecule has 0 aliphatic carbocycles. The highest BCUT2D eigenvalue weighted by Gasteiger charge is 1.91. The molecule has 1 rings (SSSR count). The fourth-order valence-electron chi connectivity index (χ4n) is 0.692. The minimum absolute atomic E-state index is 0.945. The average molecular weight is 143 g/mol. The van der Waals surface area contributed by atoms with Crippen LogP contribution in [0, 0.1) is 6.92 Å². The molecule has 0 atom stereocenters. The lowest BCUT2D eigenvalue weighted by atomic mass is 10.7. The van der Waals surface area contributed by atoms with E-state index in [1.807, 2.05) is 37.5 Å². The smallest absolute Gasteiger partial charge is 0.143 e. The first-order valence-electron chi connectivity index (χ1n) is 3.14. The Morgan fingerprint density at radius 1 is 1.30 bits per heavy atom. The Balaban J connectivity index is 3.34. The predicted octanol–water partition coefficient (Wildman–Crippen LogP) is -0.142. The lowest BCUT2D eigenvalue weighted by Crippen LogP contribution is -2.25. The molecular weight excluding hydrogens is 130 g/mol. The molecule has 1 N–H and O–H groups in total. The molecule has 0 unspecified atom stereocenters. The summed E-state index contributed by atoms with van der Waals surface area (Å²) in [6.07, 6.45) is 0. The van der Waals surface area contributed by atoms with Crippen LogP contribution in [0.25, 0.3) is 0 Å². The Bertz CT molecular complexity index is 229. The van der Waals surface area contributed by atoms with Gasteiger partial charge in [-0.3, -0.25) is 4.68 Å². The van der Waals surface area contributed by atoms with Crippen molar-refractivity contribution in [3.63, 3.8) is 0 Å². The topological polar surface area (TPSA) is 43.5 Å². The quantitative estimate of drug-likeness (QED) is 0.539. The highest BCUT2D eigenvalue weighted by Crippen LogP contribution is 1.83. The van der Waals surface area contributed by atoms with Crippen molar-refractivity contribution in [2.24, 2.45) is 21.1 Å². The van der Waals surface area contributed by atoms with Gasteiger partial charge in [0.2, 0.25) is 0 Å². The van der Waals surface area contributed by atoms with Crippen molar-refractivity contribution in [3.8, 4) is 0 Å². The molecule has 0 saturated heterocycles. The van der Waals surface area contributed by atoms with Crippen molar-refractivity contribution < 1.29 is 0 Å². The molecule has 0 spiro atoms. The Hall–Kier alpha value is -1.13. The fourth-order valence-corrected chi connectivity index (χ4v) is 0.692. The van der Waals surface area contributed by atoms with Gasteiger partial charge in [-0.1, -0.05) is 0 Å². The maximum atomic E-state index is 4.02. The van der Waals surface area contributed by atoms with E-state index in [0.29, 0.717) is 0 Å². The maximum absolute atomic E-state index is 4.02. The fraction of sp³-hybridized carbons (Fsp3) is 0.800. The highest BCUT2D eigenvalue weighted by molar-refractivity contribution is 4.69. The van der Waals surface area contributed by atoms with Crippen LogP contribution < -0.4 is 0 Å². The molecule has 0 amide bonds. The molecule has 5 heteroatoms. The van der Waals surface area contributed by atoms with Gasteiger partial charge in [-0.25, -0.2) is 14.8 Å². The molecule has 1 heterocycles. The van der Waals surface area contributed by atoms with Crippen LogP contribution in [0.3, 0.4) is 0 Å². The standard InChI is InChI=1S/C5H13N5/c1-5-6-7-9(3)10(4)8(5)2/h7H,1-4H3. The van der Waals surface area contributed by atoms with Gasteiger partial charge in [-0.15, -0.1) is 5.10 Å². The van der Waals surface area contributed by atoms with E-state index in [2.05, 4.69) is 10.3 Å². The molecule has 10 heavy (non-hydrogen) atoms. The van der Waals surface area contributed by atoms with Gasteiger partial charge in [0.1, 0.15) is 5.82 Å². The lowest BCUT2D eigenvalue weighted by molar-refractivity contribution is 0.325. The van der Waals surface area contributed by atoms with Crippen molar-refractivity contribution >= 4 is 0 Å². The summed E-state index contributed by atoms with van der Waals surface area (Å²) in [5, 5.41) is 6.84. The van der Waals surface area contributed by atoms with Gasteiger partial charge >= 0.3 is 0 Å². The van der Waals surface area contributed by atoms with E-state index in [0.717, 1.165) is 5.82 Å². The second-order valence-electron chi connectivity index (χ2n) is 2.30. The van der Waals surface area contributed by atoms with Crippen molar-refractivity contribution in [3.05, 3.63) is 5.82 Å². The normalized spacial score (nSPS) is 10.0. The van der Waals surface area contributed by atoms with Gasteiger partial charge in [0, 0.05) is 21.1 Å². The summed E-state index contributed by atoms with van der Waals surface area (Å²) >= 11 is 0. The van der Waals surface area contributed by atoms with Gasteiger partial charge < -0.3 is 0 Å². The Kier molecular flexibility index (Phi) is 1.57. The zero-order valence-electron chi connectivity index (χ0n) is 6.79. The van der Waals surface area contributed by atoms with Gasteiger partial charge in [-0.05, 0) is 6.92 Å². The molecule has 0 bridgehead atoms. The molecule has 0 aliphatic rings. The van der Waals surface area contributed by atoms with E-state index in [1.54, 1.807) is 4.80 Å². The Morgan fingerprint density at radius 2 is 1.90 bits per heavy atom. The number of H-pyrrole nitrogens is 1. The molecule has 0 aliphatic heterocycles. The summed E-state index contributed by atoms with van der Waals surface area (Å²) in [5.74, 6) is 0.945. The minimum Gasteiger partial charge on any atom is -0.258 e. The second-order valence-corrected chi connectivity index (χ2v) is 2.30. The van der Waals surface area contributed by atoms with Crippen molar-refractivity contribution in [2.75, 3.05) is 0 Å². The van der Waals surface area contributed by atoms with Gasteiger partial charge in [0.15, 0.2) is 0 Å². The van der Waals surface area contributed by atoms with Crippen molar-refractivity contribution in [2.45, 2.75) is 6.92 Å². The predicted molar refractivity (Wildman–Crippen MR) is 37.9 cm³/mol. The largest absolute Gasteiger partial charge is 0.258 e. The zero-order valence-corrected chi connectivity index (χ0v) is 6.79. The van der Waals surface area contributed by atoms with E-state index in [4.69, 9.17) is 0 Å². The molecule has 0 saturated carbocycles. The van der Waals surface area contributed by atoms with Crippen LogP contribution in [0.2, 0.25) is 0 Å². The SMILES string of the molecule is Cc1n[nH]n(C)n(C)n1C. The van der Waals surface area contributed by atoms with Gasteiger partial charge in [0.25, 0.3) is 0 Å². The first-order valence-corrected chi connectivity index (χ1v) is 3.14. The van der Waals surface area contributed by atoms with Crippen LogP contribution in [-0.2, 0) is 21.1 Å². The third-order valence-corrected chi connectivity index (χ3v) is 1.69. The van der Waals surface area contributed by atoms with Crippen LogP contribution in [0.4, 0.5) is 0 Å². The number of aromatic nitrogens is 5. The maximum Gasteiger partial charge on any atom is 0.143 e. The number of hydrogen-bond acceptors (Lipinski definition) is 1. The van der Waals surface area contributed by atoms with E-state index in [1.165, 1.54) is 0 Å². The number of nitrogens with one attached hydrogen (secondary N) is 1. The summed E-state index contributed by atoms with van der Waals surface area (Å²) in [5.41, 5.74) is 0. The van der Waals surface area contributed by atoms with E-state index in [-0.39, 0.29) is 0 Å². The molecule has 1 aromatic heterocycles. The Morgan fingerprint density at radius 3 is 2.40 bits per heavy atom. The van der Waals surface area contributed by atoms with Crippen LogP contribution >= 0.6 is 0 Å². The van der Waals surface area contributed by atoms with Gasteiger partial charge in [-0.2, -0.15) is 0 Å². The number of rotatable bonds is 0. The first kappa shape index (κ1) is 6.98. The molecule has 0 aromatic carbocycles. The molecule has 0 fully saturated rings. The monoisotopic (exact) mass is 143 g/mol. The number of aryl methyl sites for hydroxylation is 2. The van der Waals surface area contributed by atoms with Crippen LogP contribution in [0.15, 0.2) is 0 Å². The van der Waals surface area contributed by atoms with E-state index >= 15 is 0 Å². The Labute approximate surface area is 59.5 Å². The summed E-state index contributed by atoms with van der Waals surface area (Å²) in [7, 11) is 5.80. The third-order valence-electron chi connectivity index (χ3n) is 1.69. The molecule has 5 nitrogen and oxygen atoms in total. The van der Waals surface area contributed by atoms with Crippen molar-refractivity contribution in [1.29, 1.82) is 0 Å². The summed E-state index contributed by atoms with van der Waals surface area (Å²) in [6.45, 7) is 1.94. The summed E-state index contributed by atoms with van der Waals surface area (Å²) in [4.78, 5) is 3.70. The van der Waals surface area contributed by atoms with E-state index < -0.39 is 0 Å². The summed E-state index contributed by atoms with van der Waals surface area (Å²) < 4.78 is 1.94. The minimum atomic E-state index is 0.945.